The zero-order chi connectivity index (χ0) is 22.1. The number of amides is 4. The molecule has 0 unspecified atom stereocenters. The molecule has 4 amide bonds. The maximum absolute atomic E-state index is 13.6. The summed E-state index contributed by atoms with van der Waals surface area (Å²) in [4.78, 5) is 48.6. The van der Waals surface area contributed by atoms with E-state index in [0.717, 1.165) is 17.0 Å². The normalized spacial score (nSPS) is 18.0. The van der Waals surface area contributed by atoms with Crippen molar-refractivity contribution in [2.75, 3.05) is 30.0 Å². The Morgan fingerprint density at radius 2 is 1.93 bits per heavy atom. The van der Waals surface area contributed by atoms with Crippen molar-refractivity contribution < 1.29 is 37.1 Å². The number of nitrogens with zero attached hydrogens (tertiary/aromatic N) is 1. The number of carbonyl (C=O) groups is 4. The fourth-order valence-corrected chi connectivity index (χ4v) is 2.93. The molecule has 0 bridgehead atoms. The largest absolute Gasteiger partial charge is 0.418 e. The van der Waals surface area contributed by atoms with Crippen LogP contribution in [0.1, 0.15) is 18.4 Å². The zero-order valence-electron chi connectivity index (χ0n) is 15.6. The zero-order valence-corrected chi connectivity index (χ0v) is 15.6. The number of benzene rings is 1. The summed E-state index contributed by atoms with van der Waals surface area (Å²) < 4.78 is 45.7. The van der Waals surface area contributed by atoms with E-state index in [1.165, 1.54) is 0 Å². The Balaban J connectivity index is 1.83. The minimum Gasteiger partial charge on any atom is -0.370 e. The third kappa shape index (κ3) is 4.87. The average Bonchev–Trinajstić information content (AvgIpc) is 3.51. The highest BCUT2D eigenvalue weighted by atomic mass is 19.4. The fraction of sp³-hybridized carbons (Fsp3) is 0.444. The Labute approximate surface area is 168 Å². The first kappa shape index (κ1) is 21.6. The summed E-state index contributed by atoms with van der Waals surface area (Å²) >= 11 is 0. The molecule has 1 saturated heterocycles. The van der Waals surface area contributed by atoms with Crippen molar-refractivity contribution in [3.05, 3.63) is 23.8 Å². The molecule has 1 aliphatic heterocycles. The fourth-order valence-electron chi connectivity index (χ4n) is 2.93. The standard InChI is InChI=1S/C18H19F3N4O5/c19-18(20,21)11-7-10(3-4-12(11)25-5-6-30-8-13(25)26)23-17(29)14(15(22)27)24-16(28)9-1-2-9/h3-4,7,9,14H,1-2,5-6,8H2,(H2,22,27)(H,23,29)(H,24,28)/t14-/m1/s1. The number of hydrogen-bond acceptors (Lipinski definition) is 5. The van der Waals surface area contributed by atoms with Gasteiger partial charge < -0.3 is 26.0 Å². The number of morpholine rings is 1. The number of primary amides is 1. The summed E-state index contributed by atoms with van der Waals surface area (Å²) in [5, 5.41) is 4.36. The molecule has 1 heterocycles. The van der Waals surface area contributed by atoms with E-state index in [1.807, 2.05) is 0 Å². The SMILES string of the molecule is NC(=O)[C@@H](NC(=O)C1CC1)C(=O)Nc1ccc(N2CCOCC2=O)c(C(F)(F)F)c1. The highest BCUT2D eigenvalue weighted by Gasteiger charge is 2.38. The van der Waals surface area contributed by atoms with Gasteiger partial charge in [0.15, 0.2) is 6.04 Å². The second kappa shape index (κ2) is 8.30. The van der Waals surface area contributed by atoms with Crippen molar-refractivity contribution >= 4 is 35.0 Å². The third-order valence-corrected chi connectivity index (χ3v) is 4.63. The second-order valence-electron chi connectivity index (χ2n) is 6.94. The van der Waals surface area contributed by atoms with E-state index in [1.54, 1.807) is 0 Å². The molecule has 1 saturated carbocycles. The van der Waals surface area contributed by atoms with Gasteiger partial charge in [0.25, 0.3) is 11.8 Å². The van der Waals surface area contributed by atoms with Crippen molar-refractivity contribution in [1.29, 1.82) is 0 Å². The first-order valence-electron chi connectivity index (χ1n) is 9.08. The highest BCUT2D eigenvalue weighted by molar-refractivity contribution is 6.11. The molecule has 1 atom stereocenters. The van der Waals surface area contributed by atoms with Crippen LogP contribution in [0.25, 0.3) is 0 Å². The van der Waals surface area contributed by atoms with Gasteiger partial charge in [-0.05, 0) is 31.0 Å². The molecule has 1 aliphatic carbocycles. The van der Waals surface area contributed by atoms with Crippen LogP contribution in [0, 0.1) is 5.92 Å². The number of halogens is 3. The van der Waals surface area contributed by atoms with Crippen LogP contribution in [-0.4, -0.2) is 49.4 Å². The van der Waals surface area contributed by atoms with Crippen LogP contribution in [0.5, 0.6) is 0 Å². The lowest BCUT2D eigenvalue weighted by atomic mass is 10.1. The van der Waals surface area contributed by atoms with Gasteiger partial charge in [-0.2, -0.15) is 13.2 Å². The molecule has 0 aromatic heterocycles. The minimum absolute atomic E-state index is 0.0510. The van der Waals surface area contributed by atoms with Crippen LogP contribution in [0.2, 0.25) is 0 Å². The molecule has 0 spiro atoms. The number of carbonyl (C=O) groups excluding carboxylic acids is 4. The van der Waals surface area contributed by atoms with E-state index >= 15 is 0 Å². The van der Waals surface area contributed by atoms with Crippen LogP contribution in [0.3, 0.4) is 0 Å². The second-order valence-corrected chi connectivity index (χ2v) is 6.94. The van der Waals surface area contributed by atoms with E-state index in [4.69, 9.17) is 10.5 Å². The molecule has 12 heteroatoms. The van der Waals surface area contributed by atoms with Crippen LogP contribution in [0.15, 0.2) is 18.2 Å². The van der Waals surface area contributed by atoms with Crippen molar-refractivity contribution in [3.8, 4) is 0 Å². The molecule has 2 aliphatic rings. The Morgan fingerprint density at radius 3 is 2.50 bits per heavy atom. The summed E-state index contributed by atoms with van der Waals surface area (Å²) in [7, 11) is 0. The van der Waals surface area contributed by atoms with Gasteiger partial charge in [0.05, 0.1) is 17.9 Å². The van der Waals surface area contributed by atoms with Gasteiger partial charge in [0, 0.05) is 18.2 Å². The minimum atomic E-state index is -4.82. The maximum Gasteiger partial charge on any atom is 0.418 e. The average molecular weight is 428 g/mol. The molecule has 9 nitrogen and oxygen atoms in total. The number of nitrogens with one attached hydrogen (secondary N) is 2. The number of anilines is 2. The summed E-state index contributed by atoms with van der Waals surface area (Å²) in [6, 6.07) is 1.12. The van der Waals surface area contributed by atoms with Gasteiger partial charge in [0.1, 0.15) is 6.61 Å². The maximum atomic E-state index is 13.6. The van der Waals surface area contributed by atoms with Crippen molar-refractivity contribution in [1.82, 2.24) is 5.32 Å². The topological polar surface area (TPSA) is 131 Å². The molecule has 2 fully saturated rings. The summed E-state index contributed by atoms with van der Waals surface area (Å²) in [6.07, 6.45) is -3.58. The lowest BCUT2D eigenvalue weighted by Gasteiger charge is -2.29. The third-order valence-electron chi connectivity index (χ3n) is 4.63. The first-order chi connectivity index (χ1) is 14.1. The number of ether oxygens (including phenoxy) is 1. The van der Waals surface area contributed by atoms with Gasteiger partial charge in [0.2, 0.25) is 11.8 Å². The molecule has 3 rings (SSSR count). The van der Waals surface area contributed by atoms with Crippen LogP contribution in [-0.2, 0) is 30.1 Å². The molecule has 1 aromatic carbocycles. The number of alkyl halides is 3. The van der Waals surface area contributed by atoms with Gasteiger partial charge in [-0.25, -0.2) is 0 Å². The van der Waals surface area contributed by atoms with Crippen LogP contribution in [0.4, 0.5) is 24.5 Å². The number of nitrogens with two attached hydrogens (primary N) is 1. The first-order valence-corrected chi connectivity index (χ1v) is 9.08. The number of rotatable bonds is 6. The molecule has 1 aromatic rings. The molecule has 162 valence electrons. The number of hydrogen-bond donors (Lipinski definition) is 3. The van der Waals surface area contributed by atoms with Crippen molar-refractivity contribution in [3.63, 3.8) is 0 Å². The molecule has 4 N–H and O–H groups in total. The van der Waals surface area contributed by atoms with E-state index in [0.29, 0.717) is 18.9 Å². The van der Waals surface area contributed by atoms with Crippen LogP contribution >= 0.6 is 0 Å². The van der Waals surface area contributed by atoms with Crippen molar-refractivity contribution in [2.45, 2.75) is 25.1 Å². The Kier molecular flexibility index (Phi) is 5.97. The molecule has 0 radical (unpaired) electrons. The van der Waals surface area contributed by atoms with E-state index in [-0.39, 0.29) is 37.1 Å². The van der Waals surface area contributed by atoms with Crippen molar-refractivity contribution in [2.24, 2.45) is 11.7 Å². The molecule has 30 heavy (non-hydrogen) atoms. The van der Waals surface area contributed by atoms with E-state index < -0.39 is 41.4 Å². The van der Waals surface area contributed by atoms with Gasteiger partial charge in [-0.1, -0.05) is 0 Å². The molecular weight excluding hydrogens is 409 g/mol. The smallest absolute Gasteiger partial charge is 0.370 e. The molecular formula is C18H19F3N4O5. The summed E-state index contributed by atoms with van der Waals surface area (Å²) in [5.41, 5.74) is 3.35. The monoisotopic (exact) mass is 428 g/mol. The lowest BCUT2D eigenvalue weighted by Crippen LogP contribution is -2.52. The van der Waals surface area contributed by atoms with Gasteiger partial charge >= 0.3 is 6.18 Å². The van der Waals surface area contributed by atoms with Gasteiger partial charge in [-0.3, -0.25) is 19.2 Å². The van der Waals surface area contributed by atoms with Crippen LogP contribution < -0.4 is 21.3 Å². The quantitative estimate of drug-likeness (QED) is 0.564. The van der Waals surface area contributed by atoms with Gasteiger partial charge in [-0.15, -0.1) is 0 Å². The Morgan fingerprint density at radius 1 is 1.23 bits per heavy atom. The predicted octanol–water partition coefficient (Wildman–Crippen LogP) is 0.387. The Hall–Kier alpha value is -3.15. The highest BCUT2D eigenvalue weighted by Crippen LogP contribution is 2.38. The predicted molar refractivity (Wildman–Crippen MR) is 97.1 cm³/mol. The summed E-state index contributed by atoms with van der Waals surface area (Å²) in [6.45, 7) is -0.302. The van der Waals surface area contributed by atoms with E-state index in [2.05, 4.69) is 10.6 Å². The van der Waals surface area contributed by atoms with E-state index in [9.17, 15) is 32.3 Å². The Bertz CT molecular complexity index is 885. The lowest BCUT2D eigenvalue weighted by molar-refractivity contribution is -0.137. The summed E-state index contributed by atoms with van der Waals surface area (Å²) in [5.74, 6) is -3.67.